The van der Waals surface area contributed by atoms with E-state index in [9.17, 15) is 0 Å². The predicted molar refractivity (Wildman–Crippen MR) is 118 cm³/mol. The molecule has 2 fully saturated rings. The van der Waals surface area contributed by atoms with E-state index in [0.717, 1.165) is 44.0 Å². The smallest absolute Gasteiger partial charge is 0.481 e. The molecule has 0 N–H and O–H groups in total. The molecule has 0 bridgehead atoms. The second kappa shape index (κ2) is 8.17. The Bertz CT molecular complexity index is 834. The van der Waals surface area contributed by atoms with E-state index < -0.39 is 0 Å². The van der Waals surface area contributed by atoms with Crippen LogP contribution in [0.3, 0.4) is 0 Å². The van der Waals surface area contributed by atoms with Crippen molar-refractivity contribution in [2.75, 3.05) is 38.2 Å². The third kappa shape index (κ3) is 4.31. The number of hydrogen-bond acceptors (Lipinski definition) is 7. The van der Waals surface area contributed by atoms with Gasteiger partial charge in [-0.15, -0.1) is 0 Å². The van der Waals surface area contributed by atoms with Crippen molar-refractivity contribution in [3.8, 4) is 5.88 Å². The molecule has 2 aromatic heterocycles. The summed E-state index contributed by atoms with van der Waals surface area (Å²) in [6.45, 7) is 13.1. The van der Waals surface area contributed by atoms with Gasteiger partial charge in [0, 0.05) is 56.6 Å². The van der Waals surface area contributed by atoms with Gasteiger partial charge in [-0.3, -0.25) is 4.90 Å². The Balaban J connectivity index is 1.32. The number of hydrogen-bond donors (Lipinski definition) is 0. The highest BCUT2D eigenvalue weighted by Gasteiger charge is 2.51. The Morgan fingerprint density at radius 3 is 2.17 bits per heavy atom. The van der Waals surface area contributed by atoms with Crippen LogP contribution in [0.5, 0.6) is 5.88 Å². The quantitative estimate of drug-likeness (QED) is 0.700. The summed E-state index contributed by atoms with van der Waals surface area (Å²) in [7, 11) is 1.27. The van der Waals surface area contributed by atoms with Crippen molar-refractivity contribution in [2.24, 2.45) is 0 Å². The van der Waals surface area contributed by atoms with Crippen LogP contribution in [0.15, 0.2) is 36.7 Å². The fourth-order valence-electron chi connectivity index (χ4n) is 3.72. The lowest BCUT2D eigenvalue weighted by atomic mass is 9.80. The minimum Gasteiger partial charge on any atom is -0.481 e. The predicted octanol–water partition coefficient (Wildman–Crippen LogP) is 2.11. The highest BCUT2D eigenvalue weighted by atomic mass is 16.7. The Morgan fingerprint density at radius 2 is 1.63 bits per heavy atom. The summed E-state index contributed by atoms with van der Waals surface area (Å²) in [5.41, 5.74) is 1.48. The van der Waals surface area contributed by atoms with E-state index in [-0.39, 0.29) is 18.3 Å². The molecule has 7 nitrogen and oxygen atoms in total. The first-order chi connectivity index (χ1) is 14.3. The maximum atomic E-state index is 6.13. The summed E-state index contributed by atoms with van der Waals surface area (Å²) in [4.78, 5) is 13.8. The van der Waals surface area contributed by atoms with E-state index in [1.54, 1.807) is 7.11 Å². The number of aromatic nitrogens is 2. The van der Waals surface area contributed by atoms with Gasteiger partial charge in [-0.25, -0.2) is 9.97 Å². The van der Waals surface area contributed by atoms with Crippen LogP contribution in [-0.2, 0) is 15.9 Å². The molecule has 0 radical (unpaired) electrons. The average Bonchev–Trinajstić information content (AvgIpc) is 2.96. The maximum absolute atomic E-state index is 6.13. The van der Waals surface area contributed by atoms with E-state index in [4.69, 9.17) is 19.0 Å². The van der Waals surface area contributed by atoms with Crippen molar-refractivity contribution in [3.63, 3.8) is 0 Å². The normalized spacial score (nSPS) is 21.1. The minimum atomic E-state index is -0.369. The largest absolute Gasteiger partial charge is 0.496 e. The zero-order chi connectivity index (χ0) is 21.4. The average molecular weight is 410 g/mol. The molecule has 0 amide bonds. The fourth-order valence-corrected chi connectivity index (χ4v) is 3.72. The van der Waals surface area contributed by atoms with Crippen LogP contribution in [0.25, 0.3) is 0 Å². The van der Waals surface area contributed by atoms with Crippen molar-refractivity contribution in [1.29, 1.82) is 0 Å². The monoisotopic (exact) mass is 410 g/mol. The second-order valence-corrected chi connectivity index (χ2v) is 9.01. The molecule has 0 unspecified atom stereocenters. The van der Waals surface area contributed by atoms with Gasteiger partial charge >= 0.3 is 7.12 Å². The molecule has 160 valence electrons. The van der Waals surface area contributed by atoms with Crippen molar-refractivity contribution in [2.45, 2.75) is 45.4 Å². The van der Waals surface area contributed by atoms with Gasteiger partial charge in [-0.1, -0.05) is 12.1 Å². The van der Waals surface area contributed by atoms with Gasteiger partial charge in [0.15, 0.2) is 0 Å². The molecule has 4 heterocycles. The van der Waals surface area contributed by atoms with E-state index in [1.807, 2.05) is 18.5 Å². The lowest BCUT2D eigenvalue weighted by Gasteiger charge is -2.35. The third-order valence-corrected chi connectivity index (χ3v) is 6.41. The standard InChI is InChI=1S/C22H31BN4O3/c1-21(2)22(3,4)30-23(29-21)18-7-8-19(24-15-18)27-12-10-26(11-13-27)16-17-6-9-20(28-5)25-14-17/h6-9,14-15H,10-13,16H2,1-5H3. The molecule has 4 rings (SSSR count). The molecule has 0 aromatic carbocycles. The summed E-state index contributed by atoms with van der Waals surface area (Å²) >= 11 is 0. The van der Waals surface area contributed by atoms with Crippen molar-refractivity contribution in [1.82, 2.24) is 14.9 Å². The Hall–Kier alpha value is -2.16. The van der Waals surface area contributed by atoms with Gasteiger partial charge < -0.3 is 18.9 Å². The zero-order valence-corrected chi connectivity index (χ0v) is 18.6. The van der Waals surface area contributed by atoms with E-state index in [1.165, 1.54) is 5.56 Å². The van der Waals surface area contributed by atoms with Gasteiger partial charge in [-0.2, -0.15) is 0 Å². The number of piperazine rings is 1. The number of methoxy groups -OCH3 is 1. The van der Waals surface area contributed by atoms with Gasteiger partial charge in [0.2, 0.25) is 5.88 Å². The molecule has 2 aliphatic rings. The molecular formula is C22H31BN4O3. The highest BCUT2D eigenvalue weighted by Crippen LogP contribution is 2.36. The number of nitrogens with zero attached hydrogens (tertiary/aromatic N) is 4. The summed E-state index contributed by atoms with van der Waals surface area (Å²) in [6, 6.07) is 8.13. The summed E-state index contributed by atoms with van der Waals surface area (Å²) in [6.07, 6.45) is 3.77. The Morgan fingerprint density at radius 1 is 0.933 bits per heavy atom. The first-order valence-corrected chi connectivity index (χ1v) is 10.6. The maximum Gasteiger partial charge on any atom is 0.496 e. The van der Waals surface area contributed by atoms with Crippen LogP contribution in [0.4, 0.5) is 5.82 Å². The summed E-state index contributed by atoms with van der Waals surface area (Å²) in [5, 5.41) is 0. The van der Waals surface area contributed by atoms with Crippen molar-refractivity contribution >= 4 is 18.4 Å². The molecule has 2 saturated heterocycles. The van der Waals surface area contributed by atoms with Crippen LogP contribution >= 0.6 is 0 Å². The lowest BCUT2D eigenvalue weighted by Crippen LogP contribution is -2.46. The zero-order valence-electron chi connectivity index (χ0n) is 18.6. The number of ether oxygens (including phenoxy) is 1. The first kappa shape index (κ1) is 21.1. The van der Waals surface area contributed by atoms with E-state index >= 15 is 0 Å². The molecule has 0 aliphatic carbocycles. The molecule has 8 heteroatoms. The number of pyridine rings is 2. The van der Waals surface area contributed by atoms with E-state index in [0.29, 0.717) is 5.88 Å². The fraction of sp³-hybridized carbons (Fsp3) is 0.545. The van der Waals surface area contributed by atoms with Crippen LogP contribution in [0.2, 0.25) is 0 Å². The molecule has 30 heavy (non-hydrogen) atoms. The van der Waals surface area contributed by atoms with Crippen LogP contribution < -0.4 is 15.1 Å². The van der Waals surface area contributed by atoms with Gasteiger partial charge in [-0.05, 0) is 39.3 Å². The summed E-state index contributed by atoms with van der Waals surface area (Å²) < 4.78 is 17.4. The number of rotatable bonds is 5. The van der Waals surface area contributed by atoms with Crippen molar-refractivity contribution < 1.29 is 14.0 Å². The molecule has 2 aliphatic heterocycles. The Kier molecular flexibility index (Phi) is 5.74. The summed E-state index contributed by atoms with van der Waals surface area (Å²) in [5.74, 6) is 1.65. The second-order valence-electron chi connectivity index (χ2n) is 9.01. The molecule has 0 saturated carbocycles. The van der Waals surface area contributed by atoms with Gasteiger partial charge in [0.05, 0.1) is 18.3 Å². The number of anilines is 1. The lowest BCUT2D eigenvalue weighted by molar-refractivity contribution is 0.00578. The molecule has 0 spiro atoms. The van der Waals surface area contributed by atoms with Crippen LogP contribution in [0, 0.1) is 0 Å². The van der Waals surface area contributed by atoms with Crippen molar-refractivity contribution in [3.05, 3.63) is 42.2 Å². The first-order valence-electron chi connectivity index (χ1n) is 10.6. The topological polar surface area (TPSA) is 60.0 Å². The van der Waals surface area contributed by atoms with Crippen LogP contribution in [-0.4, -0.2) is 66.5 Å². The molecule has 2 aromatic rings. The van der Waals surface area contributed by atoms with Crippen LogP contribution in [0.1, 0.15) is 33.3 Å². The Labute approximate surface area is 179 Å². The highest BCUT2D eigenvalue weighted by molar-refractivity contribution is 6.62. The minimum absolute atomic E-state index is 0.341. The molecular weight excluding hydrogens is 379 g/mol. The third-order valence-electron chi connectivity index (χ3n) is 6.41. The van der Waals surface area contributed by atoms with Gasteiger partial charge in [0.25, 0.3) is 0 Å². The van der Waals surface area contributed by atoms with Gasteiger partial charge in [0.1, 0.15) is 5.82 Å². The van der Waals surface area contributed by atoms with E-state index in [2.05, 4.69) is 60.7 Å². The molecule has 0 atom stereocenters. The SMILES string of the molecule is COc1ccc(CN2CCN(c3ccc(B4OC(C)(C)C(C)(C)O4)cn3)CC2)cn1.